The molecule has 14 rings (SSSR count). The SMILES string of the molecule is CC1(C)c2ccccc2-c2ccc(N(c3ccc4c(c3)C(c3ccccc3)(c3ccccc3)c3ccccc3-4)c3cccc4oc5cc6c(cc5c34)oc3ccc(-c4ccccc4)cc36)cc21. The van der Waals surface area contributed by atoms with Crippen molar-refractivity contribution in [3.8, 4) is 33.4 Å². The fraction of sp³-hybridized carbons (Fsp3) is 0.0625. The molecule has 3 nitrogen and oxygen atoms in total. The van der Waals surface area contributed by atoms with E-state index in [0.29, 0.717) is 0 Å². The summed E-state index contributed by atoms with van der Waals surface area (Å²) >= 11 is 0. The zero-order valence-electron chi connectivity index (χ0n) is 37.1. The third-order valence-corrected chi connectivity index (χ3v) is 14.9. The standard InChI is InChI=1S/C64H43NO2/c1-63(2)53-25-14-12-23-46(53)48-32-30-44(36-55(48)63)65(45-31-33-49-47-24-13-15-26-54(47)64(56(49)37-45,42-19-8-4-9-20-42)43-21-10-5-11-22-43)57-27-16-28-59-62(57)52-39-60-51(38-61(52)67-59)50-35-41(29-34-58(50)66-60)40-17-6-3-7-18-40/h3-39H,1-2H3. The number of hydrogen-bond donors (Lipinski definition) is 0. The second-order valence-corrected chi connectivity index (χ2v) is 18.8. The molecule has 316 valence electrons. The van der Waals surface area contributed by atoms with Gasteiger partial charge in [0, 0.05) is 32.9 Å². The summed E-state index contributed by atoms with van der Waals surface area (Å²) in [5.74, 6) is 0. The van der Waals surface area contributed by atoms with Crippen LogP contribution in [0.15, 0.2) is 233 Å². The van der Waals surface area contributed by atoms with Gasteiger partial charge in [0.25, 0.3) is 0 Å². The molecule has 0 radical (unpaired) electrons. The molecule has 0 fully saturated rings. The number of nitrogens with zero attached hydrogens (tertiary/aromatic N) is 1. The maximum absolute atomic E-state index is 6.90. The van der Waals surface area contributed by atoms with E-state index in [1.807, 2.05) is 0 Å². The van der Waals surface area contributed by atoms with Gasteiger partial charge in [0.05, 0.1) is 16.5 Å². The smallest absolute Gasteiger partial charge is 0.137 e. The van der Waals surface area contributed by atoms with E-state index >= 15 is 0 Å². The van der Waals surface area contributed by atoms with Crippen LogP contribution < -0.4 is 4.90 Å². The van der Waals surface area contributed by atoms with Crippen molar-refractivity contribution < 1.29 is 8.83 Å². The lowest BCUT2D eigenvalue weighted by Crippen LogP contribution is -2.28. The largest absolute Gasteiger partial charge is 0.456 e. The number of benzene rings is 10. The molecule has 0 spiro atoms. The number of furan rings is 2. The van der Waals surface area contributed by atoms with Crippen molar-refractivity contribution in [3.63, 3.8) is 0 Å². The molecule has 12 aromatic rings. The summed E-state index contributed by atoms with van der Waals surface area (Å²) in [7, 11) is 0. The Labute approximate surface area is 388 Å². The second-order valence-electron chi connectivity index (χ2n) is 18.8. The first-order valence-corrected chi connectivity index (χ1v) is 23.2. The van der Waals surface area contributed by atoms with Crippen LogP contribution in [0.4, 0.5) is 17.1 Å². The monoisotopic (exact) mass is 857 g/mol. The van der Waals surface area contributed by atoms with E-state index in [1.165, 1.54) is 61.2 Å². The van der Waals surface area contributed by atoms with Crippen molar-refractivity contribution in [2.24, 2.45) is 0 Å². The highest BCUT2D eigenvalue weighted by atomic mass is 16.3. The van der Waals surface area contributed by atoms with Crippen molar-refractivity contribution in [1.29, 1.82) is 0 Å². The van der Waals surface area contributed by atoms with Crippen LogP contribution in [0.3, 0.4) is 0 Å². The summed E-state index contributed by atoms with van der Waals surface area (Å²) in [6.45, 7) is 4.72. The summed E-state index contributed by atoms with van der Waals surface area (Å²) in [6.07, 6.45) is 0. The van der Waals surface area contributed by atoms with E-state index in [0.717, 1.165) is 66.5 Å². The minimum atomic E-state index is -0.556. The van der Waals surface area contributed by atoms with Gasteiger partial charge in [-0.05, 0) is 127 Å². The average Bonchev–Trinajstić information content (AvgIpc) is 4.09. The highest BCUT2D eigenvalue weighted by molar-refractivity contribution is 6.19. The minimum Gasteiger partial charge on any atom is -0.456 e. The molecular formula is C64H43NO2. The van der Waals surface area contributed by atoms with Crippen LogP contribution in [0.2, 0.25) is 0 Å². The first kappa shape index (κ1) is 37.9. The summed E-state index contributed by atoms with van der Waals surface area (Å²) in [4.78, 5) is 2.47. The van der Waals surface area contributed by atoms with Gasteiger partial charge >= 0.3 is 0 Å². The Hall–Kier alpha value is -8.40. The van der Waals surface area contributed by atoms with Gasteiger partial charge in [-0.1, -0.05) is 178 Å². The molecule has 10 aromatic carbocycles. The molecule has 0 atom stereocenters. The fourth-order valence-electron chi connectivity index (χ4n) is 11.9. The predicted molar refractivity (Wildman–Crippen MR) is 276 cm³/mol. The van der Waals surface area contributed by atoms with E-state index in [2.05, 4.69) is 243 Å². The molecule has 0 saturated heterocycles. The van der Waals surface area contributed by atoms with Gasteiger partial charge in [-0.2, -0.15) is 0 Å². The maximum Gasteiger partial charge on any atom is 0.137 e. The maximum atomic E-state index is 6.90. The lowest BCUT2D eigenvalue weighted by Gasteiger charge is -2.35. The lowest BCUT2D eigenvalue weighted by molar-refractivity contribution is 0.660. The number of fused-ring (bicyclic) bond motifs is 12. The normalized spacial score (nSPS) is 14.1. The summed E-state index contributed by atoms with van der Waals surface area (Å²) in [5, 5.41) is 4.15. The molecule has 0 N–H and O–H groups in total. The predicted octanol–water partition coefficient (Wildman–Crippen LogP) is 17.3. The molecule has 0 unspecified atom stereocenters. The van der Waals surface area contributed by atoms with E-state index in [1.54, 1.807) is 0 Å². The summed E-state index contributed by atoms with van der Waals surface area (Å²) in [5.41, 5.74) is 20.9. The van der Waals surface area contributed by atoms with Crippen molar-refractivity contribution in [2.75, 3.05) is 4.90 Å². The summed E-state index contributed by atoms with van der Waals surface area (Å²) in [6, 6.07) is 82.0. The Kier molecular flexibility index (Phi) is 7.95. The molecule has 0 bridgehead atoms. The quantitative estimate of drug-likeness (QED) is 0.167. The zero-order chi connectivity index (χ0) is 44.4. The van der Waals surface area contributed by atoms with E-state index in [-0.39, 0.29) is 5.41 Å². The Bertz CT molecular complexity index is 3910. The molecule has 0 amide bonds. The van der Waals surface area contributed by atoms with Crippen molar-refractivity contribution in [3.05, 3.63) is 258 Å². The number of rotatable bonds is 6. The van der Waals surface area contributed by atoms with E-state index in [4.69, 9.17) is 8.83 Å². The van der Waals surface area contributed by atoms with Crippen molar-refractivity contribution in [2.45, 2.75) is 24.7 Å². The second kappa shape index (κ2) is 14.1. The Morgan fingerprint density at radius 3 is 1.60 bits per heavy atom. The summed E-state index contributed by atoms with van der Waals surface area (Å²) < 4.78 is 13.6. The van der Waals surface area contributed by atoms with E-state index in [9.17, 15) is 0 Å². The Morgan fingerprint density at radius 2 is 0.881 bits per heavy atom. The molecule has 2 aliphatic rings. The van der Waals surface area contributed by atoms with Crippen molar-refractivity contribution >= 4 is 60.9 Å². The highest BCUT2D eigenvalue weighted by Crippen LogP contribution is 2.58. The molecule has 3 heteroatoms. The van der Waals surface area contributed by atoms with Crippen molar-refractivity contribution in [1.82, 2.24) is 0 Å². The Morgan fingerprint density at radius 1 is 0.343 bits per heavy atom. The first-order valence-electron chi connectivity index (χ1n) is 23.2. The van der Waals surface area contributed by atoms with Crippen LogP contribution >= 0.6 is 0 Å². The number of anilines is 3. The van der Waals surface area contributed by atoms with Gasteiger partial charge in [-0.25, -0.2) is 0 Å². The van der Waals surface area contributed by atoms with Crippen LogP contribution in [-0.4, -0.2) is 0 Å². The van der Waals surface area contributed by atoms with Crippen LogP contribution in [0.1, 0.15) is 47.2 Å². The first-order chi connectivity index (χ1) is 33.0. The topological polar surface area (TPSA) is 29.5 Å². The molecular weight excluding hydrogens is 815 g/mol. The van der Waals surface area contributed by atoms with Gasteiger partial charge < -0.3 is 13.7 Å². The van der Waals surface area contributed by atoms with Crippen LogP contribution in [0.25, 0.3) is 77.3 Å². The molecule has 0 saturated carbocycles. The van der Waals surface area contributed by atoms with Gasteiger partial charge in [-0.3, -0.25) is 0 Å². The average molecular weight is 858 g/mol. The Balaban J connectivity index is 1.03. The number of hydrogen-bond acceptors (Lipinski definition) is 3. The van der Waals surface area contributed by atoms with E-state index < -0.39 is 5.41 Å². The third-order valence-electron chi connectivity index (χ3n) is 14.9. The van der Waals surface area contributed by atoms with Gasteiger partial charge in [0.15, 0.2) is 0 Å². The molecule has 67 heavy (non-hydrogen) atoms. The zero-order valence-corrected chi connectivity index (χ0v) is 37.1. The van der Waals surface area contributed by atoms with Gasteiger partial charge in [-0.15, -0.1) is 0 Å². The molecule has 0 aliphatic heterocycles. The fourth-order valence-corrected chi connectivity index (χ4v) is 11.9. The highest BCUT2D eigenvalue weighted by Gasteiger charge is 2.46. The lowest BCUT2D eigenvalue weighted by atomic mass is 9.67. The van der Waals surface area contributed by atoms with Gasteiger partial charge in [0.2, 0.25) is 0 Å². The molecule has 2 heterocycles. The van der Waals surface area contributed by atoms with Crippen LogP contribution in [0, 0.1) is 0 Å². The molecule has 2 aliphatic carbocycles. The van der Waals surface area contributed by atoms with Crippen LogP contribution in [0.5, 0.6) is 0 Å². The molecule has 2 aromatic heterocycles. The minimum absolute atomic E-state index is 0.190. The van der Waals surface area contributed by atoms with Gasteiger partial charge in [0.1, 0.15) is 22.3 Å². The third kappa shape index (κ3) is 5.34. The van der Waals surface area contributed by atoms with Crippen LogP contribution in [-0.2, 0) is 10.8 Å².